The Labute approximate surface area is 148 Å². The fourth-order valence-electron chi connectivity index (χ4n) is 0. The van der Waals surface area contributed by atoms with Crippen LogP contribution in [-0.4, -0.2) is 55.3 Å². The van der Waals surface area contributed by atoms with Gasteiger partial charge < -0.3 is 19.0 Å². The van der Waals surface area contributed by atoms with Crippen molar-refractivity contribution in [1.29, 1.82) is 0 Å². The number of hydrogen-bond donors (Lipinski definition) is 5. The molecule has 0 aromatic heterocycles. The third kappa shape index (κ3) is 295. The third-order valence-corrected chi connectivity index (χ3v) is 0. The van der Waals surface area contributed by atoms with Crippen LogP contribution >= 0.6 is 7.82 Å². The molecule has 0 aromatic carbocycles. The van der Waals surface area contributed by atoms with Gasteiger partial charge in [-0.05, 0) is 0 Å². The van der Waals surface area contributed by atoms with Gasteiger partial charge in [-0.1, -0.05) is 0 Å². The monoisotopic (exact) mass is 318 g/mol. The van der Waals surface area contributed by atoms with Crippen molar-refractivity contribution in [3.63, 3.8) is 0 Å². The van der Waals surface area contributed by atoms with Gasteiger partial charge in [-0.25, -0.2) is 4.57 Å². The fourth-order valence-corrected chi connectivity index (χ4v) is 0. The SMILES string of the molecule is O=P(O)(O)O.O=S(=O)(O)O.[Fe].[H-].[H-].[H-].[K+].[Mg+2]. The maximum atomic E-state index is 8.88. The first-order chi connectivity index (χ1) is 4.00. The summed E-state index contributed by atoms with van der Waals surface area (Å²) in [5.74, 6) is 0. The molecule has 78 valence electrons. The normalized spacial score (nSPS) is 9.00. The van der Waals surface area contributed by atoms with Crippen LogP contribution in [0.5, 0.6) is 0 Å². The molecule has 0 aliphatic heterocycles. The first kappa shape index (κ1) is 29.7. The molecule has 0 saturated carbocycles. The molecule has 0 saturated heterocycles. The van der Waals surface area contributed by atoms with Crippen LogP contribution in [0.4, 0.5) is 0 Å². The summed E-state index contributed by atoms with van der Waals surface area (Å²) < 4.78 is 40.5. The van der Waals surface area contributed by atoms with Crippen LogP contribution in [-0.2, 0) is 32.0 Å². The van der Waals surface area contributed by atoms with E-state index in [1.807, 2.05) is 0 Å². The molecule has 0 aromatic rings. The maximum Gasteiger partial charge on any atom is 2.00 e. The Morgan fingerprint density at radius 1 is 1.08 bits per heavy atom. The van der Waals surface area contributed by atoms with Gasteiger partial charge in [0.1, 0.15) is 0 Å². The molecule has 0 aliphatic carbocycles. The summed E-state index contributed by atoms with van der Waals surface area (Å²) in [4.78, 5) is 21.6. The second-order valence-electron chi connectivity index (χ2n) is 0.961. The Kier molecular flexibility index (Phi) is 29.6. The molecule has 13 heteroatoms. The second kappa shape index (κ2) is 13.0. The minimum Gasteiger partial charge on any atom is -1.00 e. The summed E-state index contributed by atoms with van der Waals surface area (Å²) in [6.07, 6.45) is 0. The van der Waals surface area contributed by atoms with Crippen molar-refractivity contribution >= 4 is 41.3 Å². The standard InChI is InChI=1S/Fe.K.Mg.H3O4P.H2O4S.3H/c;;;2*1-5(2,3)4;;;/h;;;(H3,1,2,3,4);(H2,1,2,3,4);;;/q;+1;+2;;;3*-1. The van der Waals surface area contributed by atoms with E-state index in [2.05, 4.69) is 0 Å². The zero-order valence-corrected chi connectivity index (χ0v) is 13.7. The van der Waals surface area contributed by atoms with E-state index in [1.165, 1.54) is 0 Å². The molecule has 0 atom stereocenters. The predicted octanol–water partition coefficient (Wildman–Crippen LogP) is -4.62. The summed E-state index contributed by atoms with van der Waals surface area (Å²) in [5, 5.41) is 0. The quantitative estimate of drug-likeness (QED) is 0.170. The van der Waals surface area contributed by atoms with Crippen molar-refractivity contribution in [3.8, 4) is 0 Å². The van der Waals surface area contributed by atoms with Crippen molar-refractivity contribution < 1.29 is 110 Å². The van der Waals surface area contributed by atoms with Crippen molar-refractivity contribution in [3.05, 3.63) is 0 Å². The van der Waals surface area contributed by atoms with Crippen LogP contribution in [0.15, 0.2) is 0 Å². The molecular formula is H8FeKMgO8PS. The molecule has 0 radical (unpaired) electrons. The van der Waals surface area contributed by atoms with Gasteiger partial charge in [0.25, 0.3) is 0 Å². The summed E-state index contributed by atoms with van der Waals surface area (Å²) >= 11 is 0. The van der Waals surface area contributed by atoms with Crippen LogP contribution in [0.25, 0.3) is 0 Å². The second-order valence-corrected chi connectivity index (χ2v) is 2.88. The average Bonchev–Trinajstić information content (AvgIpc) is 1.12. The number of phosphoric acid groups is 1. The molecule has 0 spiro atoms. The summed E-state index contributed by atoms with van der Waals surface area (Å²) in [7, 11) is -9.31. The van der Waals surface area contributed by atoms with Crippen molar-refractivity contribution in [1.82, 2.24) is 0 Å². The topological polar surface area (TPSA) is 152 Å². The van der Waals surface area contributed by atoms with E-state index in [9.17, 15) is 0 Å². The molecule has 0 heterocycles. The summed E-state index contributed by atoms with van der Waals surface area (Å²) in [5.41, 5.74) is 0. The largest absolute Gasteiger partial charge is 2.00 e. The molecule has 13 heavy (non-hydrogen) atoms. The summed E-state index contributed by atoms with van der Waals surface area (Å²) in [6, 6.07) is 0. The molecule has 8 nitrogen and oxygen atoms in total. The first-order valence-corrected chi connectivity index (χ1v) is 4.44. The minimum atomic E-state index is -4.67. The molecule has 0 aliphatic rings. The Hall–Kier alpha value is 2.90. The Bertz CT molecular complexity index is 213. The van der Waals surface area contributed by atoms with Gasteiger partial charge in [0.2, 0.25) is 0 Å². The molecule has 0 bridgehead atoms. The molecule has 0 fully saturated rings. The van der Waals surface area contributed by atoms with Gasteiger partial charge in [0.05, 0.1) is 0 Å². The van der Waals surface area contributed by atoms with Crippen molar-refractivity contribution in [2.75, 3.05) is 0 Å². The van der Waals surface area contributed by atoms with E-state index in [1.54, 1.807) is 0 Å². The van der Waals surface area contributed by atoms with Crippen LogP contribution in [0.3, 0.4) is 0 Å². The van der Waals surface area contributed by atoms with Gasteiger partial charge in [-0.2, -0.15) is 8.42 Å². The Morgan fingerprint density at radius 3 is 1.08 bits per heavy atom. The first-order valence-electron chi connectivity index (χ1n) is 1.48. The van der Waals surface area contributed by atoms with E-state index in [-0.39, 0.29) is 95.8 Å². The van der Waals surface area contributed by atoms with Crippen LogP contribution in [0.2, 0.25) is 0 Å². The van der Waals surface area contributed by atoms with Crippen molar-refractivity contribution in [2.45, 2.75) is 0 Å². The van der Waals surface area contributed by atoms with Gasteiger partial charge in [-0.3, -0.25) is 9.11 Å². The molecule has 5 N–H and O–H groups in total. The maximum absolute atomic E-state index is 8.88. The van der Waals surface area contributed by atoms with E-state index in [0.717, 1.165) is 0 Å². The third-order valence-electron chi connectivity index (χ3n) is 0. The van der Waals surface area contributed by atoms with Gasteiger partial charge in [-0.15, -0.1) is 0 Å². The Morgan fingerprint density at radius 2 is 1.08 bits per heavy atom. The van der Waals surface area contributed by atoms with Crippen LogP contribution in [0.1, 0.15) is 4.28 Å². The molecule has 0 unspecified atom stereocenters. The van der Waals surface area contributed by atoms with E-state index < -0.39 is 18.2 Å². The summed E-state index contributed by atoms with van der Waals surface area (Å²) in [6.45, 7) is 0. The smallest absolute Gasteiger partial charge is 1.00 e. The molecular weight excluding hydrogens is 310 g/mol. The number of rotatable bonds is 0. The van der Waals surface area contributed by atoms with Crippen LogP contribution < -0.4 is 51.4 Å². The zero-order chi connectivity index (χ0) is 9.00. The Balaban J connectivity index is -0.00000000970. The fraction of sp³-hybridized carbons (Fsp3) is 0. The average molecular weight is 318 g/mol. The van der Waals surface area contributed by atoms with Gasteiger partial charge in [0, 0.05) is 17.1 Å². The van der Waals surface area contributed by atoms with E-state index in [0.29, 0.717) is 0 Å². The van der Waals surface area contributed by atoms with Crippen LogP contribution in [0, 0.1) is 0 Å². The van der Waals surface area contributed by atoms with E-state index in [4.69, 9.17) is 36.8 Å². The van der Waals surface area contributed by atoms with Gasteiger partial charge in [0.15, 0.2) is 0 Å². The van der Waals surface area contributed by atoms with E-state index >= 15 is 0 Å². The van der Waals surface area contributed by atoms with Crippen molar-refractivity contribution in [2.24, 2.45) is 0 Å². The zero-order valence-electron chi connectivity index (χ0n) is 9.38. The predicted molar refractivity (Wildman–Crippen MR) is 37.5 cm³/mol. The molecule has 0 amide bonds. The van der Waals surface area contributed by atoms with Gasteiger partial charge >= 0.3 is 92.7 Å². The number of hydrogen-bond acceptors (Lipinski definition) is 3. The minimum absolute atomic E-state index is 0. The molecule has 0 rings (SSSR count).